The number of carbonyl (C=O) groups excluding carboxylic acids is 1. The minimum atomic E-state index is -0.773. The fourth-order valence-electron chi connectivity index (χ4n) is 3.04. The van der Waals surface area contributed by atoms with Crippen molar-refractivity contribution in [3.8, 4) is 0 Å². The Kier molecular flexibility index (Phi) is 5.28. The van der Waals surface area contributed by atoms with E-state index in [2.05, 4.69) is 29.3 Å². The van der Waals surface area contributed by atoms with E-state index in [0.717, 1.165) is 25.2 Å². The number of urea groups is 1. The van der Waals surface area contributed by atoms with E-state index in [9.17, 15) is 13.6 Å². The third kappa shape index (κ3) is 4.14. The summed E-state index contributed by atoms with van der Waals surface area (Å²) in [7, 11) is 0. The van der Waals surface area contributed by atoms with Crippen molar-refractivity contribution < 1.29 is 13.6 Å². The molecular weight excluding hydrogens is 324 g/mol. The summed E-state index contributed by atoms with van der Waals surface area (Å²) >= 11 is 0. The highest BCUT2D eigenvalue weighted by atomic mass is 19.1. The fourth-order valence-corrected chi connectivity index (χ4v) is 3.04. The van der Waals surface area contributed by atoms with Crippen molar-refractivity contribution >= 4 is 11.7 Å². The summed E-state index contributed by atoms with van der Waals surface area (Å²) in [5.41, 5.74) is 1.24. The van der Waals surface area contributed by atoms with Gasteiger partial charge < -0.3 is 10.2 Å². The summed E-state index contributed by atoms with van der Waals surface area (Å²) < 4.78 is 26.6. The highest BCUT2D eigenvalue weighted by molar-refractivity contribution is 5.89. The molecule has 0 bridgehead atoms. The van der Waals surface area contributed by atoms with Gasteiger partial charge in [0.15, 0.2) is 0 Å². The molecule has 1 atom stereocenters. The molecule has 0 saturated carbocycles. The van der Waals surface area contributed by atoms with Gasteiger partial charge in [0, 0.05) is 38.3 Å². The summed E-state index contributed by atoms with van der Waals surface area (Å²) in [6.45, 7) is 4.77. The molecule has 2 aromatic rings. The topological polar surface area (TPSA) is 35.6 Å². The number of benzene rings is 2. The van der Waals surface area contributed by atoms with Gasteiger partial charge in [-0.1, -0.05) is 30.3 Å². The van der Waals surface area contributed by atoms with E-state index in [-0.39, 0.29) is 17.8 Å². The number of carbonyl (C=O) groups is 1. The lowest BCUT2D eigenvalue weighted by Crippen LogP contribution is -2.50. The summed E-state index contributed by atoms with van der Waals surface area (Å²) in [5, 5.41) is 2.51. The minimum absolute atomic E-state index is 0.00789. The summed E-state index contributed by atoms with van der Waals surface area (Å²) in [4.78, 5) is 16.3. The van der Waals surface area contributed by atoms with Crippen LogP contribution in [0.15, 0.2) is 48.5 Å². The number of halogens is 2. The molecule has 4 nitrogen and oxygen atoms in total. The molecule has 132 valence electrons. The second kappa shape index (κ2) is 7.61. The first-order chi connectivity index (χ1) is 12.0. The van der Waals surface area contributed by atoms with Gasteiger partial charge in [0.1, 0.15) is 11.6 Å². The van der Waals surface area contributed by atoms with Crippen LogP contribution in [-0.2, 0) is 0 Å². The first-order valence-electron chi connectivity index (χ1n) is 8.34. The molecule has 1 heterocycles. The third-order valence-electron chi connectivity index (χ3n) is 4.60. The maximum atomic E-state index is 13.7. The largest absolute Gasteiger partial charge is 0.322 e. The zero-order chi connectivity index (χ0) is 17.8. The Bertz CT molecular complexity index is 731. The van der Waals surface area contributed by atoms with Gasteiger partial charge in [-0.2, -0.15) is 0 Å². The second-order valence-electron chi connectivity index (χ2n) is 6.16. The quantitative estimate of drug-likeness (QED) is 0.916. The number of piperazine rings is 1. The molecule has 2 aromatic carbocycles. The highest BCUT2D eigenvalue weighted by Crippen LogP contribution is 2.22. The monoisotopic (exact) mass is 345 g/mol. The molecule has 0 aromatic heterocycles. The highest BCUT2D eigenvalue weighted by Gasteiger charge is 2.25. The van der Waals surface area contributed by atoms with Crippen molar-refractivity contribution in [3.63, 3.8) is 0 Å². The van der Waals surface area contributed by atoms with Crippen LogP contribution in [0.4, 0.5) is 19.3 Å². The van der Waals surface area contributed by atoms with Crippen LogP contribution >= 0.6 is 0 Å². The van der Waals surface area contributed by atoms with Crippen LogP contribution in [-0.4, -0.2) is 42.0 Å². The van der Waals surface area contributed by atoms with Crippen LogP contribution in [0.25, 0.3) is 0 Å². The Morgan fingerprint density at radius 1 is 1.04 bits per heavy atom. The summed E-state index contributed by atoms with van der Waals surface area (Å²) in [5.74, 6) is -1.44. The molecule has 0 aliphatic carbocycles. The van der Waals surface area contributed by atoms with E-state index in [0.29, 0.717) is 13.1 Å². The fraction of sp³-hybridized carbons (Fsp3) is 0.316. The number of nitrogens with zero attached hydrogens (tertiary/aromatic N) is 2. The van der Waals surface area contributed by atoms with Gasteiger partial charge in [0.25, 0.3) is 0 Å². The lowest BCUT2D eigenvalue weighted by molar-refractivity contribution is 0.119. The van der Waals surface area contributed by atoms with Gasteiger partial charge in [-0.15, -0.1) is 0 Å². The van der Waals surface area contributed by atoms with Gasteiger partial charge in [-0.3, -0.25) is 4.90 Å². The number of anilines is 1. The van der Waals surface area contributed by atoms with Crippen molar-refractivity contribution in [2.75, 3.05) is 31.5 Å². The molecule has 0 spiro atoms. The average molecular weight is 345 g/mol. The molecule has 1 saturated heterocycles. The zero-order valence-corrected chi connectivity index (χ0v) is 14.1. The minimum Gasteiger partial charge on any atom is -0.322 e. The maximum Gasteiger partial charge on any atom is 0.322 e. The molecule has 2 amide bonds. The average Bonchev–Trinajstić information content (AvgIpc) is 2.64. The summed E-state index contributed by atoms with van der Waals surface area (Å²) in [6.07, 6.45) is 0. The van der Waals surface area contributed by atoms with Crippen molar-refractivity contribution in [3.05, 3.63) is 65.7 Å². The number of rotatable bonds is 3. The SMILES string of the molecule is CC(c1ccccc1)N1CCN(C(=O)Nc2ccc(F)cc2F)CC1. The van der Waals surface area contributed by atoms with Crippen LogP contribution in [0.3, 0.4) is 0 Å². The van der Waals surface area contributed by atoms with E-state index in [4.69, 9.17) is 0 Å². The van der Waals surface area contributed by atoms with Crippen LogP contribution in [0.2, 0.25) is 0 Å². The van der Waals surface area contributed by atoms with Crippen LogP contribution in [0.1, 0.15) is 18.5 Å². The van der Waals surface area contributed by atoms with Gasteiger partial charge in [-0.25, -0.2) is 13.6 Å². The van der Waals surface area contributed by atoms with Crippen LogP contribution in [0, 0.1) is 11.6 Å². The lowest BCUT2D eigenvalue weighted by atomic mass is 10.1. The number of hydrogen-bond acceptors (Lipinski definition) is 2. The molecule has 1 fully saturated rings. The second-order valence-corrected chi connectivity index (χ2v) is 6.16. The Labute approximate surface area is 146 Å². The van der Waals surface area contributed by atoms with E-state index in [1.54, 1.807) is 4.90 Å². The molecule has 1 unspecified atom stereocenters. The first kappa shape index (κ1) is 17.4. The molecule has 6 heteroatoms. The van der Waals surface area contributed by atoms with Gasteiger partial charge in [0.2, 0.25) is 0 Å². The molecule has 0 radical (unpaired) electrons. The molecular formula is C19H21F2N3O. The smallest absolute Gasteiger partial charge is 0.322 e. The Hall–Kier alpha value is -2.47. The first-order valence-corrected chi connectivity index (χ1v) is 8.34. The van der Waals surface area contributed by atoms with E-state index < -0.39 is 11.6 Å². The molecule has 25 heavy (non-hydrogen) atoms. The maximum absolute atomic E-state index is 13.7. The van der Waals surface area contributed by atoms with Crippen molar-refractivity contribution in [2.45, 2.75) is 13.0 Å². The van der Waals surface area contributed by atoms with Gasteiger partial charge >= 0.3 is 6.03 Å². The van der Waals surface area contributed by atoms with Crippen LogP contribution in [0.5, 0.6) is 0 Å². The Morgan fingerprint density at radius 3 is 2.36 bits per heavy atom. The zero-order valence-electron chi connectivity index (χ0n) is 14.1. The predicted molar refractivity (Wildman–Crippen MR) is 93.4 cm³/mol. The standard InChI is InChI=1S/C19H21F2N3O/c1-14(15-5-3-2-4-6-15)23-9-11-24(12-10-23)19(25)22-18-8-7-16(20)13-17(18)21/h2-8,13-14H,9-12H2,1H3,(H,22,25). The Morgan fingerprint density at radius 2 is 1.72 bits per heavy atom. The van der Waals surface area contributed by atoms with Crippen molar-refractivity contribution in [1.82, 2.24) is 9.80 Å². The van der Waals surface area contributed by atoms with E-state index >= 15 is 0 Å². The number of nitrogens with one attached hydrogen (secondary N) is 1. The normalized spacial score (nSPS) is 16.5. The number of amides is 2. The van der Waals surface area contributed by atoms with Gasteiger partial charge in [-0.05, 0) is 24.6 Å². The van der Waals surface area contributed by atoms with E-state index in [1.807, 2.05) is 18.2 Å². The molecule has 1 N–H and O–H groups in total. The number of hydrogen-bond donors (Lipinski definition) is 1. The molecule has 3 rings (SSSR count). The Balaban J connectivity index is 1.55. The molecule has 1 aliphatic rings. The van der Waals surface area contributed by atoms with Crippen LogP contribution < -0.4 is 5.32 Å². The van der Waals surface area contributed by atoms with E-state index in [1.165, 1.54) is 11.6 Å². The lowest BCUT2D eigenvalue weighted by Gasteiger charge is -2.38. The summed E-state index contributed by atoms with van der Waals surface area (Å²) in [6, 6.07) is 13.3. The van der Waals surface area contributed by atoms with Crippen molar-refractivity contribution in [1.29, 1.82) is 0 Å². The third-order valence-corrected chi connectivity index (χ3v) is 4.60. The van der Waals surface area contributed by atoms with Gasteiger partial charge in [0.05, 0.1) is 5.69 Å². The predicted octanol–water partition coefficient (Wildman–Crippen LogP) is 3.88. The van der Waals surface area contributed by atoms with Crippen molar-refractivity contribution in [2.24, 2.45) is 0 Å². The molecule has 1 aliphatic heterocycles.